The fourth-order valence-corrected chi connectivity index (χ4v) is 3.21. The number of hydrogen-bond acceptors (Lipinski definition) is 4. The molecule has 0 bridgehead atoms. The molecule has 0 aliphatic heterocycles. The lowest BCUT2D eigenvalue weighted by Gasteiger charge is -2.16. The number of hydrogen-bond donors (Lipinski definition) is 1. The molecule has 3 aromatic heterocycles. The van der Waals surface area contributed by atoms with Crippen LogP contribution < -0.4 is 5.73 Å². The van der Waals surface area contributed by atoms with Gasteiger partial charge in [-0.3, -0.25) is 9.78 Å². The van der Waals surface area contributed by atoms with Crippen LogP contribution >= 0.6 is 0 Å². The maximum absolute atomic E-state index is 13.8. The Morgan fingerprint density at radius 1 is 1.13 bits per heavy atom. The van der Waals surface area contributed by atoms with Crippen LogP contribution in [0.4, 0.5) is 17.6 Å². The highest BCUT2D eigenvalue weighted by atomic mass is 19.4. The first kappa shape index (κ1) is 19.5. The van der Waals surface area contributed by atoms with Gasteiger partial charge in [0, 0.05) is 17.8 Å². The van der Waals surface area contributed by atoms with Crippen molar-refractivity contribution in [2.24, 2.45) is 5.73 Å². The molecule has 4 aromatic rings. The Kier molecular flexibility index (Phi) is 4.49. The van der Waals surface area contributed by atoms with Gasteiger partial charge in [0.2, 0.25) is 0 Å². The number of aromatic nitrogens is 4. The van der Waals surface area contributed by atoms with Gasteiger partial charge >= 0.3 is 6.18 Å². The van der Waals surface area contributed by atoms with E-state index < -0.39 is 29.2 Å². The van der Waals surface area contributed by atoms with Crippen LogP contribution in [0.15, 0.2) is 48.8 Å². The topological polar surface area (TPSA) is 86.7 Å². The number of benzene rings is 1. The van der Waals surface area contributed by atoms with Crippen molar-refractivity contribution in [3.05, 3.63) is 71.4 Å². The molecule has 0 atom stereocenters. The average molecular weight is 415 g/mol. The molecule has 0 saturated carbocycles. The summed E-state index contributed by atoms with van der Waals surface area (Å²) >= 11 is 0. The van der Waals surface area contributed by atoms with Crippen LogP contribution in [-0.4, -0.2) is 25.4 Å². The Labute approximate surface area is 167 Å². The van der Waals surface area contributed by atoms with Crippen LogP contribution in [0.1, 0.15) is 21.6 Å². The number of amides is 1. The first-order valence-electron chi connectivity index (χ1n) is 8.65. The maximum Gasteiger partial charge on any atom is 0.434 e. The van der Waals surface area contributed by atoms with Crippen LogP contribution in [-0.2, 0) is 6.18 Å². The van der Waals surface area contributed by atoms with E-state index in [1.807, 2.05) is 0 Å². The lowest BCUT2D eigenvalue weighted by Crippen LogP contribution is -2.24. The molecule has 0 radical (unpaired) electrons. The molecule has 1 aromatic carbocycles. The molecule has 152 valence electrons. The second kappa shape index (κ2) is 6.90. The molecule has 0 aliphatic carbocycles. The molecule has 0 aliphatic rings. The first-order valence-corrected chi connectivity index (χ1v) is 8.65. The summed E-state index contributed by atoms with van der Waals surface area (Å²) in [6.45, 7) is 1.66. The van der Waals surface area contributed by atoms with Crippen molar-refractivity contribution < 1.29 is 22.4 Å². The number of nitrogens with zero attached hydrogens (tertiary/aromatic N) is 4. The maximum atomic E-state index is 13.8. The normalized spacial score (nSPS) is 11.8. The molecule has 10 heteroatoms. The van der Waals surface area contributed by atoms with Gasteiger partial charge in [0.1, 0.15) is 17.1 Å². The van der Waals surface area contributed by atoms with Gasteiger partial charge in [-0.05, 0) is 42.8 Å². The molecular formula is C20H13F4N5O. The van der Waals surface area contributed by atoms with E-state index in [1.54, 1.807) is 19.1 Å². The summed E-state index contributed by atoms with van der Waals surface area (Å²) < 4.78 is 56.3. The zero-order valence-electron chi connectivity index (χ0n) is 15.4. The Morgan fingerprint density at radius 2 is 1.90 bits per heavy atom. The van der Waals surface area contributed by atoms with Gasteiger partial charge in [-0.2, -0.15) is 13.2 Å². The largest absolute Gasteiger partial charge is 0.434 e. The first-order chi connectivity index (χ1) is 14.2. The van der Waals surface area contributed by atoms with Gasteiger partial charge in [0.05, 0.1) is 5.52 Å². The fourth-order valence-electron chi connectivity index (χ4n) is 3.21. The number of aryl methyl sites for hydroxylation is 1. The lowest BCUT2D eigenvalue weighted by atomic mass is 10.1. The van der Waals surface area contributed by atoms with Crippen LogP contribution in [0.2, 0.25) is 0 Å². The lowest BCUT2D eigenvalue weighted by molar-refractivity contribution is -0.141. The predicted octanol–water partition coefficient (Wildman–Crippen LogP) is 4.05. The molecular weight excluding hydrogens is 402 g/mol. The fraction of sp³-hybridized carbons (Fsp3) is 0.100. The van der Waals surface area contributed by atoms with E-state index >= 15 is 0 Å². The highest BCUT2D eigenvalue weighted by Gasteiger charge is 2.40. The second-order valence-corrected chi connectivity index (χ2v) is 6.52. The molecule has 0 unspecified atom stereocenters. The smallest absolute Gasteiger partial charge is 0.365 e. The van der Waals surface area contributed by atoms with E-state index in [2.05, 4.69) is 15.0 Å². The summed E-state index contributed by atoms with van der Waals surface area (Å²) in [5.74, 6) is -2.54. The SMILES string of the molecule is Cc1cn(-c2nc(-c3ccccn3)nc(C(F)(F)F)c2C(N)=O)c2ccc(F)cc12. The summed E-state index contributed by atoms with van der Waals surface area (Å²) in [7, 11) is 0. The molecule has 4 rings (SSSR count). The van der Waals surface area contributed by atoms with Gasteiger partial charge in [0.25, 0.3) is 5.91 Å². The zero-order valence-corrected chi connectivity index (χ0v) is 15.4. The second-order valence-electron chi connectivity index (χ2n) is 6.52. The molecule has 6 nitrogen and oxygen atoms in total. The monoisotopic (exact) mass is 415 g/mol. The van der Waals surface area contributed by atoms with E-state index in [4.69, 9.17) is 5.73 Å². The Morgan fingerprint density at radius 3 is 2.53 bits per heavy atom. The summed E-state index contributed by atoms with van der Waals surface area (Å²) in [5, 5.41) is 0.456. The van der Waals surface area contributed by atoms with E-state index in [0.717, 1.165) is 6.07 Å². The van der Waals surface area contributed by atoms with E-state index in [1.165, 1.54) is 35.2 Å². The molecule has 0 saturated heterocycles. The van der Waals surface area contributed by atoms with Crippen LogP contribution in [0.25, 0.3) is 28.2 Å². The van der Waals surface area contributed by atoms with Crippen LogP contribution in [0.5, 0.6) is 0 Å². The summed E-state index contributed by atoms with van der Waals surface area (Å²) in [6, 6.07) is 8.39. The molecule has 30 heavy (non-hydrogen) atoms. The Bertz CT molecular complexity index is 1280. The highest BCUT2D eigenvalue weighted by molar-refractivity contribution is 5.98. The van der Waals surface area contributed by atoms with Crippen molar-refractivity contribution in [1.29, 1.82) is 0 Å². The Hall–Kier alpha value is -3.82. The minimum atomic E-state index is -4.98. The average Bonchev–Trinajstić information content (AvgIpc) is 3.02. The highest BCUT2D eigenvalue weighted by Crippen LogP contribution is 2.35. The van der Waals surface area contributed by atoms with Gasteiger partial charge < -0.3 is 10.3 Å². The standard InChI is InChI=1S/C20H13F4N5O/c1-10-9-29(14-6-5-11(21)8-12(10)14)19-15(17(25)30)16(20(22,23)24)27-18(28-19)13-4-2-3-7-26-13/h2-9H,1H3,(H2,25,30). The third kappa shape index (κ3) is 3.25. The van der Waals surface area contributed by atoms with Crippen LogP contribution in [0, 0.1) is 12.7 Å². The van der Waals surface area contributed by atoms with Gasteiger partial charge in [0.15, 0.2) is 17.3 Å². The van der Waals surface area contributed by atoms with Crippen molar-refractivity contribution in [3.8, 4) is 17.3 Å². The van der Waals surface area contributed by atoms with E-state index in [-0.39, 0.29) is 17.3 Å². The van der Waals surface area contributed by atoms with Gasteiger partial charge in [-0.15, -0.1) is 0 Å². The third-order valence-electron chi connectivity index (χ3n) is 4.49. The number of nitrogens with two attached hydrogens (primary N) is 1. The zero-order chi connectivity index (χ0) is 21.6. The summed E-state index contributed by atoms with van der Waals surface area (Å²) in [6.07, 6.45) is -2.14. The molecule has 3 heterocycles. The van der Waals surface area contributed by atoms with E-state index in [9.17, 15) is 22.4 Å². The quantitative estimate of drug-likeness (QED) is 0.512. The number of alkyl halides is 3. The van der Waals surface area contributed by atoms with E-state index in [0.29, 0.717) is 16.5 Å². The summed E-state index contributed by atoms with van der Waals surface area (Å²) in [5.41, 5.74) is 3.96. The van der Waals surface area contributed by atoms with Crippen LogP contribution in [0.3, 0.4) is 0 Å². The van der Waals surface area contributed by atoms with Crippen molar-refractivity contribution in [3.63, 3.8) is 0 Å². The van der Waals surface area contributed by atoms with Crippen molar-refractivity contribution in [2.45, 2.75) is 13.1 Å². The number of fused-ring (bicyclic) bond motifs is 1. The van der Waals surface area contributed by atoms with Crippen molar-refractivity contribution in [1.82, 2.24) is 19.5 Å². The Balaban J connectivity index is 2.12. The molecule has 0 spiro atoms. The summed E-state index contributed by atoms with van der Waals surface area (Å²) in [4.78, 5) is 23.8. The number of primary amides is 1. The predicted molar refractivity (Wildman–Crippen MR) is 100 cm³/mol. The number of carbonyl (C=O) groups excluding carboxylic acids is 1. The van der Waals surface area contributed by atoms with Gasteiger partial charge in [-0.1, -0.05) is 6.07 Å². The number of halogens is 4. The van der Waals surface area contributed by atoms with Crippen molar-refractivity contribution >= 4 is 16.8 Å². The molecule has 2 N–H and O–H groups in total. The number of pyridine rings is 1. The van der Waals surface area contributed by atoms with Gasteiger partial charge in [-0.25, -0.2) is 14.4 Å². The third-order valence-corrected chi connectivity index (χ3v) is 4.49. The minimum Gasteiger partial charge on any atom is -0.365 e. The molecule has 0 fully saturated rings. The molecule has 1 amide bonds. The number of rotatable bonds is 3. The van der Waals surface area contributed by atoms with Crippen molar-refractivity contribution in [2.75, 3.05) is 0 Å². The number of carbonyl (C=O) groups is 1. The minimum absolute atomic E-state index is 0.0829.